The average molecular weight is 327 g/mol. The monoisotopic (exact) mass is 327 g/mol. The number of para-hydroxylation sites is 1. The van der Waals surface area contributed by atoms with E-state index in [2.05, 4.69) is 16.0 Å². The highest BCUT2D eigenvalue weighted by Gasteiger charge is 2.04. The molecule has 6 nitrogen and oxygen atoms in total. The van der Waals surface area contributed by atoms with Crippen molar-refractivity contribution in [3.8, 4) is 5.75 Å². The van der Waals surface area contributed by atoms with Crippen LogP contribution in [0, 0.1) is 0 Å². The van der Waals surface area contributed by atoms with Gasteiger partial charge < -0.3 is 20.7 Å². The lowest BCUT2D eigenvalue weighted by molar-refractivity contribution is -0.114. The molecule has 0 aromatic heterocycles. The first-order valence-corrected chi connectivity index (χ1v) is 7.71. The van der Waals surface area contributed by atoms with Gasteiger partial charge in [-0.25, -0.2) is 4.79 Å². The minimum atomic E-state index is -0.385. The summed E-state index contributed by atoms with van der Waals surface area (Å²) in [5.74, 6) is 0.590. The largest absolute Gasteiger partial charge is 0.473 e. The molecular weight excluding hydrogens is 306 g/mol. The molecule has 3 amide bonds. The molecule has 2 aromatic rings. The van der Waals surface area contributed by atoms with Crippen molar-refractivity contribution in [3.05, 3.63) is 54.1 Å². The molecule has 0 heterocycles. The number of hydrogen-bond donors (Lipinski definition) is 3. The second kappa shape index (κ2) is 8.57. The number of urea groups is 1. The number of carbonyl (C=O) groups excluding carboxylic acids is 2. The van der Waals surface area contributed by atoms with E-state index in [-0.39, 0.29) is 18.7 Å². The van der Waals surface area contributed by atoms with E-state index in [1.165, 1.54) is 6.92 Å². The van der Waals surface area contributed by atoms with E-state index in [4.69, 9.17) is 4.74 Å². The summed E-state index contributed by atoms with van der Waals surface area (Å²) in [7, 11) is 0. The highest BCUT2D eigenvalue weighted by Crippen LogP contribution is 2.18. The number of amides is 3. The number of rotatable bonds is 6. The maximum atomic E-state index is 11.9. The Morgan fingerprint density at radius 3 is 2.42 bits per heavy atom. The molecule has 24 heavy (non-hydrogen) atoms. The molecule has 6 heteroatoms. The number of ether oxygens (including phenoxy) is 1. The fourth-order valence-electron chi connectivity index (χ4n) is 2.17. The van der Waals surface area contributed by atoms with Gasteiger partial charge in [0.15, 0.2) is 6.73 Å². The third-order valence-corrected chi connectivity index (χ3v) is 3.25. The van der Waals surface area contributed by atoms with Gasteiger partial charge in [-0.2, -0.15) is 0 Å². The molecule has 0 bridgehead atoms. The van der Waals surface area contributed by atoms with Gasteiger partial charge in [-0.3, -0.25) is 4.79 Å². The Bertz CT molecular complexity index is 716. The normalized spacial score (nSPS) is 9.92. The zero-order valence-corrected chi connectivity index (χ0v) is 13.8. The molecule has 0 fully saturated rings. The third kappa shape index (κ3) is 5.31. The van der Waals surface area contributed by atoms with Crippen LogP contribution in [0.3, 0.4) is 0 Å². The Kier molecular flexibility index (Phi) is 6.19. The molecule has 2 aromatic carbocycles. The summed E-state index contributed by atoms with van der Waals surface area (Å²) in [6.45, 7) is 3.54. The van der Waals surface area contributed by atoms with Crippen molar-refractivity contribution in [2.24, 2.45) is 0 Å². The number of anilines is 2. The lowest BCUT2D eigenvalue weighted by Crippen LogP contribution is -2.32. The van der Waals surface area contributed by atoms with E-state index < -0.39 is 0 Å². The van der Waals surface area contributed by atoms with E-state index in [9.17, 15) is 9.59 Å². The number of hydrogen-bond acceptors (Lipinski definition) is 3. The van der Waals surface area contributed by atoms with Gasteiger partial charge in [0.05, 0.1) is 0 Å². The van der Waals surface area contributed by atoms with Crippen LogP contribution in [0.1, 0.15) is 19.4 Å². The Labute approximate surface area is 141 Å². The predicted molar refractivity (Wildman–Crippen MR) is 94.2 cm³/mol. The summed E-state index contributed by atoms with van der Waals surface area (Å²) in [6.07, 6.45) is 0.859. The van der Waals surface area contributed by atoms with E-state index in [1.807, 2.05) is 31.2 Å². The van der Waals surface area contributed by atoms with Crippen molar-refractivity contribution in [1.29, 1.82) is 0 Å². The van der Waals surface area contributed by atoms with Crippen molar-refractivity contribution >= 4 is 23.3 Å². The molecule has 0 aliphatic heterocycles. The molecular formula is C18H21N3O3. The molecule has 0 radical (unpaired) electrons. The first-order chi connectivity index (χ1) is 11.6. The Morgan fingerprint density at radius 2 is 1.71 bits per heavy atom. The van der Waals surface area contributed by atoms with E-state index in [0.29, 0.717) is 11.4 Å². The van der Waals surface area contributed by atoms with Crippen molar-refractivity contribution in [3.63, 3.8) is 0 Å². The molecule has 126 valence electrons. The van der Waals surface area contributed by atoms with Crippen LogP contribution in [-0.2, 0) is 11.2 Å². The van der Waals surface area contributed by atoms with Crippen LogP contribution < -0.4 is 20.7 Å². The molecule has 0 saturated carbocycles. The molecule has 0 aliphatic carbocycles. The Balaban J connectivity index is 1.84. The molecule has 0 unspecified atom stereocenters. The minimum Gasteiger partial charge on any atom is -0.473 e. The average Bonchev–Trinajstić information content (AvgIpc) is 2.55. The van der Waals surface area contributed by atoms with Gasteiger partial charge >= 0.3 is 6.03 Å². The smallest absolute Gasteiger partial charge is 0.321 e. The summed E-state index contributed by atoms with van der Waals surface area (Å²) >= 11 is 0. The number of aryl methyl sites for hydroxylation is 1. The summed E-state index contributed by atoms with van der Waals surface area (Å²) in [6, 6.07) is 14.2. The van der Waals surface area contributed by atoms with Gasteiger partial charge in [0.2, 0.25) is 5.91 Å². The van der Waals surface area contributed by atoms with Crippen LogP contribution >= 0.6 is 0 Å². The van der Waals surface area contributed by atoms with E-state index in [1.54, 1.807) is 24.3 Å². The number of nitrogens with one attached hydrogen (secondary N) is 3. The van der Waals surface area contributed by atoms with E-state index in [0.717, 1.165) is 17.7 Å². The number of benzene rings is 2. The Morgan fingerprint density at radius 1 is 1.00 bits per heavy atom. The fourth-order valence-corrected chi connectivity index (χ4v) is 2.17. The molecule has 3 N–H and O–H groups in total. The van der Waals surface area contributed by atoms with Gasteiger partial charge in [0.25, 0.3) is 0 Å². The lowest BCUT2D eigenvalue weighted by Gasteiger charge is -2.12. The summed E-state index contributed by atoms with van der Waals surface area (Å²) < 4.78 is 5.58. The van der Waals surface area contributed by atoms with Gasteiger partial charge in [-0.1, -0.05) is 31.2 Å². The standard InChI is InChI=1S/C18H21N3O3/c1-3-14-7-4-5-10-17(14)24-12-19-18(23)21-16-9-6-8-15(11-16)20-13(2)22/h4-11H,3,12H2,1-2H3,(H,20,22)(H2,19,21,23). The van der Waals surface area contributed by atoms with Gasteiger partial charge in [-0.05, 0) is 36.2 Å². The van der Waals surface area contributed by atoms with Crippen LogP contribution in [0.4, 0.5) is 16.2 Å². The lowest BCUT2D eigenvalue weighted by atomic mass is 10.1. The van der Waals surface area contributed by atoms with Gasteiger partial charge in [0.1, 0.15) is 5.75 Å². The van der Waals surface area contributed by atoms with Crippen LogP contribution in [0.15, 0.2) is 48.5 Å². The molecule has 0 atom stereocenters. The highest BCUT2D eigenvalue weighted by atomic mass is 16.5. The van der Waals surface area contributed by atoms with Crippen molar-refractivity contribution in [1.82, 2.24) is 5.32 Å². The predicted octanol–water partition coefficient (Wildman–Crippen LogP) is 3.37. The molecule has 0 saturated heterocycles. The molecule has 0 spiro atoms. The SMILES string of the molecule is CCc1ccccc1OCNC(=O)Nc1cccc(NC(C)=O)c1. The van der Waals surface area contributed by atoms with Crippen molar-refractivity contribution in [2.45, 2.75) is 20.3 Å². The molecule has 2 rings (SSSR count). The second-order valence-corrected chi connectivity index (χ2v) is 5.14. The van der Waals surface area contributed by atoms with Crippen LogP contribution in [0.5, 0.6) is 5.75 Å². The molecule has 0 aliphatic rings. The highest BCUT2D eigenvalue weighted by molar-refractivity contribution is 5.92. The van der Waals surface area contributed by atoms with Crippen molar-refractivity contribution < 1.29 is 14.3 Å². The zero-order valence-electron chi connectivity index (χ0n) is 13.8. The summed E-state index contributed by atoms with van der Waals surface area (Å²) in [4.78, 5) is 22.9. The van der Waals surface area contributed by atoms with E-state index >= 15 is 0 Å². The number of carbonyl (C=O) groups is 2. The van der Waals surface area contributed by atoms with Crippen LogP contribution in [0.25, 0.3) is 0 Å². The quantitative estimate of drug-likeness (QED) is 0.712. The first-order valence-electron chi connectivity index (χ1n) is 7.71. The summed E-state index contributed by atoms with van der Waals surface area (Å²) in [5, 5.41) is 7.98. The fraction of sp³-hybridized carbons (Fsp3) is 0.222. The van der Waals surface area contributed by atoms with Gasteiger partial charge in [-0.15, -0.1) is 0 Å². The Hall–Kier alpha value is -3.02. The maximum absolute atomic E-state index is 11.9. The van der Waals surface area contributed by atoms with Gasteiger partial charge in [0, 0.05) is 18.3 Å². The topological polar surface area (TPSA) is 79.5 Å². The third-order valence-electron chi connectivity index (χ3n) is 3.25. The zero-order chi connectivity index (χ0) is 17.4. The summed E-state index contributed by atoms with van der Waals surface area (Å²) in [5.41, 5.74) is 2.28. The van der Waals surface area contributed by atoms with Crippen molar-refractivity contribution in [2.75, 3.05) is 17.4 Å². The first kappa shape index (κ1) is 17.3. The van der Waals surface area contributed by atoms with Crippen LogP contribution in [0.2, 0.25) is 0 Å². The maximum Gasteiger partial charge on any atom is 0.321 e. The van der Waals surface area contributed by atoms with Crippen LogP contribution in [-0.4, -0.2) is 18.7 Å². The second-order valence-electron chi connectivity index (χ2n) is 5.14. The minimum absolute atomic E-state index is 0.0637.